The van der Waals surface area contributed by atoms with Gasteiger partial charge in [-0.15, -0.1) is 0 Å². The minimum Gasteiger partial charge on any atom is -0.373 e. The van der Waals surface area contributed by atoms with Gasteiger partial charge in [0.25, 0.3) is 0 Å². The number of ether oxygens (including phenoxy) is 1. The van der Waals surface area contributed by atoms with Crippen molar-refractivity contribution in [3.05, 3.63) is 17.5 Å². The van der Waals surface area contributed by atoms with Gasteiger partial charge in [0.2, 0.25) is 0 Å². The quantitative estimate of drug-likeness (QED) is 0.764. The first-order valence-electron chi connectivity index (χ1n) is 4.26. The van der Waals surface area contributed by atoms with Crippen molar-refractivity contribution in [2.75, 3.05) is 6.61 Å². The molecule has 0 bridgehead atoms. The fraction of sp³-hybridized carbons (Fsp3) is 0.667. The predicted molar refractivity (Wildman–Crippen MR) is 49.2 cm³/mol. The molecule has 1 heterocycles. The molecule has 0 aliphatic heterocycles. The highest BCUT2D eigenvalue weighted by atomic mass is 16.5. The Morgan fingerprint density at radius 1 is 1.62 bits per heavy atom. The Kier molecular flexibility index (Phi) is 3.06. The number of aromatic nitrogens is 1. The fourth-order valence-electron chi connectivity index (χ4n) is 0.905. The van der Waals surface area contributed by atoms with Gasteiger partial charge in [-0.1, -0.05) is 5.16 Å². The van der Waals surface area contributed by atoms with Gasteiger partial charge in [0.15, 0.2) is 0 Å². The van der Waals surface area contributed by atoms with Crippen LogP contribution in [0, 0.1) is 6.92 Å². The monoisotopic (exact) mass is 184 g/mol. The summed E-state index contributed by atoms with van der Waals surface area (Å²) >= 11 is 0. The third-order valence-corrected chi connectivity index (χ3v) is 1.40. The number of nitrogens with zero attached hydrogens (tertiary/aromatic N) is 1. The van der Waals surface area contributed by atoms with Gasteiger partial charge in [0.05, 0.1) is 13.2 Å². The first-order chi connectivity index (χ1) is 5.97. The summed E-state index contributed by atoms with van der Waals surface area (Å²) in [6, 6.07) is 1.85. The maximum Gasteiger partial charge on any atom is 0.134 e. The first kappa shape index (κ1) is 10.2. The topological polar surface area (TPSA) is 61.3 Å². The van der Waals surface area contributed by atoms with Crippen LogP contribution in [0.1, 0.15) is 25.3 Å². The van der Waals surface area contributed by atoms with Gasteiger partial charge in [-0.25, -0.2) is 0 Å². The van der Waals surface area contributed by atoms with Crippen LogP contribution in [-0.4, -0.2) is 17.3 Å². The summed E-state index contributed by atoms with van der Waals surface area (Å²) in [5.74, 6) is 0.797. The molecule has 4 heteroatoms. The number of hydrogen-bond acceptors (Lipinski definition) is 4. The largest absolute Gasteiger partial charge is 0.373 e. The van der Waals surface area contributed by atoms with Gasteiger partial charge < -0.3 is 15.0 Å². The molecule has 0 radical (unpaired) electrons. The van der Waals surface area contributed by atoms with E-state index in [-0.39, 0.29) is 5.54 Å². The Balaban J connectivity index is 2.28. The second kappa shape index (κ2) is 3.89. The Morgan fingerprint density at radius 2 is 2.31 bits per heavy atom. The molecular weight excluding hydrogens is 168 g/mol. The smallest absolute Gasteiger partial charge is 0.134 e. The van der Waals surface area contributed by atoms with E-state index in [2.05, 4.69) is 5.16 Å². The molecule has 1 aromatic rings. The average Bonchev–Trinajstić information content (AvgIpc) is 2.33. The summed E-state index contributed by atoms with van der Waals surface area (Å²) in [5.41, 5.74) is 6.25. The molecule has 0 unspecified atom stereocenters. The van der Waals surface area contributed by atoms with Crippen molar-refractivity contribution in [1.82, 2.24) is 5.16 Å². The maximum atomic E-state index is 5.74. The van der Waals surface area contributed by atoms with Crippen molar-refractivity contribution in [3.8, 4) is 0 Å². The van der Waals surface area contributed by atoms with Crippen molar-refractivity contribution in [1.29, 1.82) is 0 Å². The van der Waals surface area contributed by atoms with Crippen LogP contribution >= 0.6 is 0 Å². The molecule has 0 aliphatic carbocycles. The van der Waals surface area contributed by atoms with E-state index in [4.69, 9.17) is 15.0 Å². The molecule has 0 atom stereocenters. The SMILES string of the molecule is Cc1cc(COCC(C)(C)N)no1. The molecule has 0 aromatic carbocycles. The molecule has 0 spiro atoms. The van der Waals surface area contributed by atoms with Gasteiger partial charge in [-0.2, -0.15) is 0 Å². The lowest BCUT2D eigenvalue weighted by atomic mass is 10.1. The summed E-state index contributed by atoms with van der Waals surface area (Å²) in [4.78, 5) is 0. The average molecular weight is 184 g/mol. The molecule has 13 heavy (non-hydrogen) atoms. The normalized spacial score (nSPS) is 12.0. The zero-order valence-electron chi connectivity index (χ0n) is 8.33. The van der Waals surface area contributed by atoms with E-state index in [0.29, 0.717) is 13.2 Å². The Hall–Kier alpha value is -0.870. The van der Waals surface area contributed by atoms with Crippen LogP contribution in [0.4, 0.5) is 0 Å². The Morgan fingerprint density at radius 3 is 2.77 bits per heavy atom. The summed E-state index contributed by atoms with van der Waals surface area (Å²) in [7, 11) is 0. The molecule has 2 N–H and O–H groups in total. The van der Waals surface area contributed by atoms with E-state index in [9.17, 15) is 0 Å². The minimum absolute atomic E-state index is 0.293. The van der Waals surface area contributed by atoms with Crippen LogP contribution in [0.2, 0.25) is 0 Å². The molecule has 1 rings (SSSR count). The molecule has 0 saturated carbocycles. The lowest BCUT2D eigenvalue weighted by Gasteiger charge is -2.17. The molecule has 4 nitrogen and oxygen atoms in total. The molecule has 74 valence electrons. The van der Waals surface area contributed by atoms with Crippen molar-refractivity contribution in [3.63, 3.8) is 0 Å². The van der Waals surface area contributed by atoms with Gasteiger partial charge in [0, 0.05) is 11.6 Å². The highest BCUT2D eigenvalue weighted by molar-refractivity contribution is 5.01. The van der Waals surface area contributed by atoms with Crippen LogP contribution in [-0.2, 0) is 11.3 Å². The number of aryl methyl sites for hydroxylation is 1. The molecular formula is C9H16N2O2. The number of rotatable bonds is 4. The van der Waals surface area contributed by atoms with Gasteiger partial charge in [-0.05, 0) is 20.8 Å². The molecule has 0 fully saturated rings. The van der Waals surface area contributed by atoms with E-state index in [1.165, 1.54) is 0 Å². The number of nitrogens with two attached hydrogens (primary N) is 1. The molecule has 0 saturated heterocycles. The summed E-state index contributed by atoms with van der Waals surface area (Å²) < 4.78 is 10.2. The lowest BCUT2D eigenvalue weighted by Crippen LogP contribution is -2.37. The van der Waals surface area contributed by atoms with Gasteiger partial charge in [-0.3, -0.25) is 0 Å². The van der Waals surface area contributed by atoms with Crippen LogP contribution < -0.4 is 5.73 Å². The van der Waals surface area contributed by atoms with E-state index < -0.39 is 0 Å². The van der Waals surface area contributed by atoms with Crippen LogP contribution in [0.25, 0.3) is 0 Å². The van der Waals surface area contributed by atoms with Crippen molar-refractivity contribution < 1.29 is 9.26 Å². The van der Waals surface area contributed by atoms with Crippen LogP contribution in [0.15, 0.2) is 10.6 Å². The van der Waals surface area contributed by atoms with E-state index in [1.54, 1.807) is 0 Å². The van der Waals surface area contributed by atoms with Gasteiger partial charge >= 0.3 is 0 Å². The van der Waals surface area contributed by atoms with Crippen molar-refractivity contribution in [2.24, 2.45) is 5.73 Å². The highest BCUT2D eigenvalue weighted by Crippen LogP contribution is 2.05. The second-order valence-electron chi connectivity index (χ2n) is 3.91. The predicted octanol–water partition coefficient (Wildman–Crippen LogP) is 1.24. The van der Waals surface area contributed by atoms with Crippen molar-refractivity contribution in [2.45, 2.75) is 32.9 Å². The lowest BCUT2D eigenvalue weighted by molar-refractivity contribution is 0.0812. The van der Waals surface area contributed by atoms with Gasteiger partial charge in [0.1, 0.15) is 11.5 Å². The third-order valence-electron chi connectivity index (χ3n) is 1.40. The second-order valence-corrected chi connectivity index (χ2v) is 3.91. The van der Waals surface area contributed by atoms with E-state index in [0.717, 1.165) is 11.5 Å². The highest BCUT2D eigenvalue weighted by Gasteiger charge is 2.10. The fourth-order valence-corrected chi connectivity index (χ4v) is 0.905. The van der Waals surface area contributed by atoms with Crippen LogP contribution in [0.3, 0.4) is 0 Å². The van der Waals surface area contributed by atoms with E-state index in [1.807, 2.05) is 26.8 Å². The zero-order chi connectivity index (χ0) is 9.90. The third kappa shape index (κ3) is 4.05. The Bertz CT molecular complexity index is 263. The van der Waals surface area contributed by atoms with Crippen molar-refractivity contribution >= 4 is 0 Å². The molecule has 0 aliphatic rings. The zero-order valence-corrected chi connectivity index (χ0v) is 8.33. The molecule has 0 amide bonds. The maximum absolute atomic E-state index is 5.74. The minimum atomic E-state index is -0.293. The molecule has 1 aromatic heterocycles. The summed E-state index contributed by atoms with van der Waals surface area (Å²) in [5, 5.41) is 3.79. The van der Waals surface area contributed by atoms with E-state index >= 15 is 0 Å². The Labute approximate surface area is 78.0 Å². The number of hydrogen-bond donors (Lipinski definition) is 1. The standard InChI is InChI=1S/C9H16N2O2/c1-7-4-8(11-13-7)5-12-6-9(2,3)10/h4H,5-6,10H2,1-3H3. The first-order valence-corrected chi connectivity index (χ1v) is 4.26. The van der Waals surface area contributed by atoms with Crippen LogP contribution in [0.5, 0.6) is 0 Å². The summed E-state index contributed by atoms with van der Waals surface area (Å²) in [6.45, 7) is 6.66. The summed E-state index contributed by atoms with van der Waals surface area (Å²) in [6.07, 6.45) is 0.